The summed E-state index contributed by atoms with van der Waals surface area (Å²) in [6.45, 7) is 2.91. The van der Waals surface area contributed by atoms with Crippen LogP contribution in [0.1, 0.15) is 46.3 Å². The number of amides is 1. The maximum Gasteiger partial charge on any atom is 0.251 e. The van der Waals surface area contributed by atoms with Gasteiger partial charge in [-0.3, -0.25) is 9.69 Å². The summed E-state index contributed by atoms with van der Waals surface area (Å²) in [6, 6.07) is 9.13. The van der Waals surface area contributed by atoms with Crippen LogP contribution in [0.2, 0.25) is 0 Å². The van der Waals surface area contributed by atoms with E-state index in [1.807, 2.05) is 11.4 Å². The Morgan fingerprint density at radius 2 is 2.00 bits per heavy atom. The van der Waals surface area contributed by atoms with Crippen LogP contribution in [-0.2, 0) is 19.4 Å². The maximum atomic E-state index is 12.4. The molecule has 3 nitrogen and oxygen atoms in total. The van der Waals surface area contributed by atoms with Crippen molar-refractivity contribution in [1.82, 2.24) is 10.2 Å². The molecule has 0 spiro atoms. The number of hydrogen-bond donors (Lipinski definition) is 1. The Morgan fingerprint density at radius 3 is 2.71 bits per heavy atom. The molecule has 2 heterocycles. The molecule has 1 aromatic carbocycles. The van der Waals surface area contributed by atoms with E-state index in [2.05, 4.69) is 33.8 Å². The number of hydrogen-bond acceptors (Lipinski definition) is 3. The van der Waals surface area contributed by atoms with Gasteiger partial charge in [0.2, 0.25) is 0 Å². The van der Waals surface area contributed by atoms with E-state index in [0.29, 0.717) is 6.54 Å². The highest BCUT2D eigenvalue weighted by molar-refractivity contribution is 7.07. The second kappa shape index (κ2) is 7.08. The fourth-order valence-corrected chi connectivity index (χ4v) is 4.35. The van der Waals surface area contributed by atoms with Crippen molar-refractivity contribution in [3.8, 4) is 0 Å². The molecule has 0 radical (unpaired) electrons. The van der Waals surface area contributed by atoms with Crippen LogP contribution in [0.25, 0.3) is 0 Å². The Labute approximate surface area is 147 Å². The van der Waals surface area contributed by atoms with Gasteiger partial charge in [-0.1, -0.05) is 12.5 Å². The van der Waals surface area contributed by atoms with Crippen LogP contribution in [0, 0.1) is 0 Å². The highest BCUT2D eigenvalue weighted by Crippen LogP contribution is 2.27. The van der Waals surface area contributed by atoms with E-state index >= 15 is 0 Å². The van der Waals surface area contributed by atoms with Crippen LogP contribution in [0.4, 0.5) is 0 Å². The van der Waals surface area contributed by atoms with E-state index < -0.39 is 0 Å². The van der Waals surface area contributed by atoms with Crippen molar-refractivity contribution in [2.75, 3.05) is 13.1 Å². The molecule has 0 atom stereocenters. The molecule has 0 bridgehead atoms. The van der Waals surface area contributed by atoms with Crippen molar-refractivity contribution >= 4 is 17.2 Å². The second-order valence-electron chi connectivity index (χ2n) is 6.92. The molecular formula is C20H24N2OS. The lowest BCUT2D eigenvalue weighted by Gasteiger charge is -2.36. The predicted octanol–water partition coefficient (Wildman–Crippen LogP) is 3.63. The Hall–Kier alpha value is -1.65. The third kappa shape index (κ3) is 3.40. The summed E-state index contributed by atoms with van der Waals surface area (Å²) in [5, 5.41) is 7.14. The molecule has 4 rings (SSSR count). The summed E-state index contributed by atoms with van der Waals surface area (Å²) in [5.74, 6) is 0.0316. The normalized spacial score (nSPS) is 18.5. The quantitative estimate of drug-likeness (QED) is 0.922. The lowest BCUT2D eigenvalue weighted by molar-refractivity contribution is 0.0951. The first kappa shape index (κ1) is 15.9. The number of nitrogens with one attached hydrogen (secondary N) is 1. The fourth-order valence-electron chi connectivity index (χ4n) is 3.68. The van der Waals surface area contributed by atoms with Gasteiger partial charge in [0, 0.05) is 31.2 Å². The standard InChI is InChI=1S/C20H24N2OS/c23-20(21-13-15-8-11-24-14-15)18-5-4-16-6-9-22(19-2-1-3-19)10-7-17(16)12-18/h4-5,8,11-12,14,19H,1-3,6-7,9-10,13H2,(H,21,23). The van der Waals surface area contributed by atoms with E-state index in [4.69, 9.17) is 0 Å². The first-order valence-electron chi connectivity index (χ1n) is 8.95. The molecule has 24 heavy (non-hydrogen) atoms. The second-order valence-corrected chi connectivity index (χ2v) is 7.70. The van der Waals surface area contributed by atoms with Gasteiger partial charge < -0.3 is 5.32 Å². The van der Waals surface area contributed by atoms with Gasteiger partial charge in [0.05, 0.1) is 0 Å². The lowest BCUT2D eigenvalue weighted by atomic mass is 9.91. The first-order chi connectivity index (χ1) is 11.8. The molecule has 2 aliphatic rings. The Morgan fingerprint density at radius 1 is 1.17 bits per heavy atom. The summed E-state index contributed by atoms with van der Waals surface area (Å²) in [7, 11) is 0. The minimum absolute atomic E-state index is 0.0316. The topological polar surface area (TPSA) is 32.3 Å². The van der Waals surface area contributed by atoms with Crippen molar-refractivity contribution in [3.05, 3.63) is 57.3 Å². The van der Waals surface area contributed by atoms with Gasteiger partial charge in [0.15, 0.2) is 0 Å². The smallest absolute Gasteiger partial charge is 0.251 e. The van der Waals surface area contributed by atoms with Crippen molar-refractivity contribution in [3.63, 3.8) is 0 Å². The highest BCUT2D eigenvalue weighted by Gasteiger charge is 2.26. The van der Waals surface area contributed by atoms with Gasteiger partial charge in [0.25, 0.3) is 5.91 Å². The molecule has 1 aromatic heterocycles. The number of benzene rings is 1. The number of carbonyl (C=O) groups is 1. The van der Waals surface area contributed by atoms with Crippen molar-refractivity contribution in [2.24, 2.45) is 0 Å². The Balaban J connectivity index is 1.41. The zero-order chi connectivity index (χ0) is 16.4. The van der Waals surface area contributed by atoms with Crippen LogP contribution >= 0.6 is 11.3 Å². The largest absolute Gasteiger partial charge is 0.348 e. The molecule has 1 amide bonds. The van der Waals surface area contributed by atoms with Crippen LogP contribution in [-0.4, -0.2) is 29.9 Å². The zero-order valence-electron chi connectivity index (χ0n) is 14.0. The summed E-state index contributed by atoms with van der Waals surface area (Å²) in [5.41, 5.74) is 4.74. The summed E-state index contributed by atoms with van der Waals surface area (Å²) in [6.07, 6.45) is 6.31. The van der Waals surface area contributed by atoms with Gasteiger partial charge >= 0.3 is 0 Å². The molecule has 1 aliphatic carbocycles. The van der Waals surface area contributed by atoms with E-state index in [-0.39, 0.29) is 5.91 Å². The van der Waals surface area contributed by atoms with Crippen LogP contribution in [0.3, 0.4) is 0 Å². The molecule has 1 fully saturated rings. The number of nitrogens with zero attached hydrogens (tertiary/aromatic N) is 1. The predicted molar refractivity (Wildman–Crippen MR) is 98.6 cm³/mol. The number of carbonyl (C=O) groups excluding carboxylic acids is 1. The molecule has 1 saturated carbocycles. The van der Waals surface area contributed by atoms with Crippen LogP contribution in [0.5, 0.6) is 0 Å². The third-order valence-corrected chi connectivity index (χ3v) is 6.16. The number of rotatable bonds is 4. The molecule has 1 N–H and O–H groups in total. The van der Waals surface area contributed by atoms with Gasteiger partial charge in [0.1, 0.15) is 0 Å². The zero-order valence-corrected chi connectivity index (χ0v) is 14.8. The van der Waals surface area contributed by atoms with Crippen molar-refractivity contribution in [1.29, 1.82) is 0 Å². The maximum absolute atomic E-state index is 12.4. The van der Waals surface area contributed by atoms with E-state index in [1.54, 1.807) is 11.3 Å². The average molecular weight is 340 g/mol. The molecule has 0 unspecified atom stereocenters. The fraction of sp³-hybridized carbons (Fsp3) is 0.450. The highest BCUT2D eigenvalue weighted by atomic mass is 32.1. The summed E-state index contributed by atoms with van der Waals surface area (Å²) >= 11 is 1.66. The molecule has 1 aliphatic heterocycles. The van der Waals surface area contributed by atoms with Gasteiger partial charge in [-0.15, -0.1) is 0 Å². The molecule has 2 aromatic rings. The van der Waals surface area contributed by atoms with Gasteiger partial charge in [-0.05, 0) is 71.3 Å². The van der Waals surface area contributed by atoms with Crippen LogP contribution in [0.15, 0.2) is 35.0 Å². The number of thiophene rings is 1. The average Bonchev–Trinajstić information content (AvgIpc) is 2.99. The van der Waals surface area contributed by atoms with Gasteiger partial charge in [-0.25, -0.2) is 0 Å². The van der Waals surface area contributed by atoms with Crippen molar-refractivity contribution < 1.29 is 4.79 Å². The molecule has 4 heteroatoms. The SMILES string of the molecule is O=C(NCc1ccsc1)c1ccc2c(c1)CCN(C1CCC1)CC2. The lowest BCUT2D eigenvalue weighted by Crippen LogP contribution is -2.41. The minimum atomic E-state index is 0.0316. The molecule has 126 valence electrons. The molecular weight excluding hydrogens is 316 g/mol. The third-order valence-electron chi connectivity index (χ3n) is 5.43. The van der Waals surface area contributed by atoms with Crippen LogP contribution < -0.4 is 5.32 Å². The summed E-state index contributed by atoms with van der Waals surface area (Å²) < 4.78 is 0. The van der Waals surface area contributed by atoms with E-state index in [1.165, 1.54) is 42.5 Å². The number of fused-ring (bicyclic) bond motifs is 1. The van der Waals surface area contributed by atoms with Crippen molar-refractivity contribution in [2.45, 2.75) is 44.7 Å². The van der Waals surface area contributed by atoms with E-state index in [0.717, 1.165) is 31.0 Å². The monoisotopic (exact) mass is 340 g/mol. The first-order valence-corrected chi connectivity index (χ1v) is 9.89. The summed E-state index contributed by atoms with van der Waals surface area (Å²) in [4.78, 5) is 15.1. The minimum Gasteiger partial charge on any atom is -0.348 e. The Bertz CT molecular complexity index is 706. The Kier molecular flexibility index (Phi) is 4.67. The molecule has 0 saturated heterocycles. The van der Waals surface area contributed by atoms with Gasteiger partial charge in [-0.2, -0.15) is 11.3 Å². The van der Waals surface area contributed by atoms with E-state index in [9.17, 15) is 4.79 Å².